The SMILES string of the molecule is CCCc1nc(N)c(C)c(NC2(C)CCOCC2)n1. The molecular formula is C14H24N4O. The molecule has 1 fully saturated rings. The van der Waals surface area contributed by atoms with E-state index in [1.165, 1.54) is 0 Å². The van der Waals surface area contributed by atoms with Crippen molar-refractivity contribution in [1.82, 2.24) is 9.97 Å². The quantitative estimate of drug-likeness (QED) is 0.873. The Morgan fingerprint density at radius 3 is 2.63 bits per heavy atom. The second kappa shape index (κ2) is 5.74. The van der Waals surface area contributed by atoms with Gasteiger partial charge in [-0.3, -0.25) is 0 Å². The van der Waals surface area contributed by atoms with Gasteiger partial charge in [-0.15, -0.1) is 0 Å². The Labute approximate surface area is 115 Å². The highest BCUT2D eigenvalue weighted by Crippen LogP contribution is 2.27. The lowest BCUT2D eigenvalue weighted by atomic mass is 9.92. The molecule has 0 spiro atoms. The summed E-state index contributed by atoms with van der Waals surface area (Å²) in [6.07, 6.45) is 3.85. The maximum absolute atomic E-state index is 5.98. The number of nitrogen functional groups attached to an aromatic ring is 1. The molecular weight excluding hydrogens is 240 g/mol. The lowest BCUT2D eigenvalue weighted by molar-refractivity contribution is 0.0657. The number of hydrogen-bond acceptors (Lipinski definition) is 5. The minimum absolute atomic E-state index is 0.0350. The van der Waals surface area contributed by atoms with Crippen molar-refractivity contribution in [3.63, 3.8) is 0 Å². The number of ether oxygens (including phenoxy) is 1. The molecule has 19 heavy (non-hydrogen) atoms. The molecule has 0 aliphatic carbocycles. The summed E-state index contributed by atoms with van der Waals surface area (Å²) in [4.78, 5) is 8.96. The molecule has 1 saturated heterocycles. The van der Waals surface area contributed by atoms with Crippen LogP contribution in [0, 0.1) is 6.92 Å². The number of aryl methyl sites for hydroxylation is 1. The van der Waals surface area contributed by atoms with Crippen molar-refractivity contribution in [1.29, 1.82) is 0 Å². The first kappa shape index (κ1) is 14.1. The van der Waals surface area contributed by atoms with E-state index in [1.807, 2.05) is 6.92 Å². The van der Waals surface area contributed by atoms with Crippen LogP contribution in [0.3, 0.4) is 0 Å². The van der Waals surface area contributed by atoms with Gasteiger partial charge < -0.3 is 15.8 Å². The van der Waals surface area contributed by atoms with Crippen LogP contribution >= 0.6 is 0 Å². The van der Waals surface area contributed by atoms with Gasteiger partial charge in [0.15, 0.2) is 0 Å². The molecule has 1 aliphatic heterocycles. The number of rotatable bonds is 4. The van der Waals surface area contributed by atoms with Gasteiger partial charge in [0.1, 0.15) is 17.5 Å². The second-order valence-corrected chi connectivity index (χ2v) is 5.55. The van der Waals surface area contributed by atoms with Crippen molar-refractivity contribution in [3.8, 4) is 0 Å². The van der Waals surface area contributed by atoms with Gasteiger partial charge in [-0.2, -0.15) is 0 Å². The standard InChI is InChI=1S/C14H24N4O/c1-4-5-11-16-12(15)10(2)13(17-11)18-14(3)6-8-19-9-7-14/h4-9H2,1-3H3,(H3,15,16,17,18). The van der Waals surface area contributed by atoms with E-state index in [-0.39, 0.29) is 5.54 Å². The molecule has 0 atom stereocenters. The molecule has 2 heterocycles. The lowest BCUT2D eigenvalue weighted by Crippen LogP contribution is -2.41. The van der Waals surface area contributed by atoms with Crippen LogP contribution in [0.25, 0.3) is 0 Å². The zero-order chi connectivity index (χ0) is 13.9. The molecule has 0 amide bonds. The first-order valence-electron chi connectivity index (χ1n) is 7.03. The van der Waals surface area contributed by atoms with Crippen LogP contribution in [-0.2, 0) is 11.2 Å². The van der Waals surface area contributed by atoms with E-state index < -0.39 is 0 Å². The minimum Gasteiger partial charge on any atom is -0.383 e. The largest absolute Gasteiger partial charge is 0.383 e. The molecule has 5 heteroatoms. The molecule has 0 unspecified atom stereocenters. The van der Waals surface area contributed by atoms with E-state index in [2.05, 4.69) is 29.1 Å². The summed E-state index contributed by atoms with van der Waals surface area (Å²) in [5.74, 6) is 2.28. The van der Waals surface area contributed by atoms with Crippen LogP contribution in [0.15, 0.2) is 0 Å². The second-order valence-electron chi connectivity index (χ2n) is 5.55. The van der Waals surface area contributed by atoms with E-state index in [1.54, 1.807) is 0 Å². The molecule has 2 rings (SSSR count). The van der Waals surface area contributed by atoms with Crippen LogP contribution in [-0.4, -0.2) is 28.7 Å². The highest BCUT2D eigenvalue weighted by molar-refractivity contribution is 5.56. The van der Waals surface area contributed by atoms with Crippen LogP contribution in [0.1, 0.15) is 44.5 Å². The summed E-state index contributed by atoms with van der Waals surface area (Å²) in [7, 11) is 0. The van der Waals surface area contributed by atoms with Gasteiger partial charge in [0.25, 0.3) is 0 Å². The Bertz CT molecular complexity index is 441. The predicted molar refractivity (Wildman–Crippen MR) is 77.3 cm³/mol. The topological polar surface area (TPSA) is 73.1 Å². The number of nitrogens with zero attached hydrogens (tertiary/aromatic N) is 2. The van der Waals surface area contributed by atoms with Crippen LogP contribution < -0.4 is 11.1 Å². The van der Waals surface area contributed by atoms with Crippen molar-refractivity contribution >= 4 is 11.6 Å². The van der Waals surface area contributed by atoms with Crippen molar-refractivity contribution in [2.75, 3.05) is 24.3 Å². The van der Waals surface area contributed by atoms with E-state index in [9.17, 15) is 0 Å². The van der Waals surface area contributed by atoms with E-state index in [0.717, 1.165) is 56.1 Å². The highest BCUT2D eigenvalue weighted by Gasteiger charge is 2.28. The zero-order valence-electron chi connectivity index (χ0n) is 12.1. The number of anilines is 2. The third-order valence-corrected chi connectivity index (χ3v) is 3.72. The minimum atomic E-state index is 0.0350. The fourth-order valence-electron chi connectivity index (χ4n) is 2.27. The molecule has 1 aromatic rings. The van der Waals surface area contributed by atoms with Crippen molar-refractivity contribution in [2.24, 2.45) is 0 Å². The van der Waals surface area contributed by atoms with Crippen molar-refractivity contribution in [3.05, 3.63) is 11.4 Å². The Morgan fingerprint density at radius 1 is 1.32 bits per heavy atom. The van der Waals surface area contributed by atoms with Crippen molar-refractivity contribution < 1.29 is 4.74 Å². The van der Waals surface area contributed by atoms with Gasteiger partial charge >= 0.3 is 0 Å². The number of hydrogen-bond donors (Lipinski definition) is 2. The third-order valence-electron chi connectivity index (χ3n) is 3.72. The average molecular weight is 264 g/mol. The summed E-state index contributed by atoms with van der Waals surface area (Å²) in [5.41, 5.74) is 6.96. The van der Waals surface area contributed by atoms with E-state index in [0.29, 0.717) is 5.82 Å². The van der Waals surface area contributed by atoms with Crippen molar-refractivity contribution in [2.45, 2.75) is 52.0 Å². The first-order chi connectivity index (χ1) is 9.04. The first-order valence-corrected chi connectivity index (χ1v) is 7.03. The molecule has 106 valence electrons. The molecule has 5 nitrogen and oxygen atoms in total. The number of nitrogens with one attached hydrogen (secondary N) is 1. The summed E-state index contributed by atoms with van der Waals surface area (Å²) >= 11 is 0. The van der Waals surface area contributed by atoms with Gasteiger partial charge in [0.2, 0.25) is 0 Å². The van der Waals surface area contributed by atoms with Gasteiger partial charge in [0.05, 0.1) is 0 Å². The molecule has 0 saturated carbocycles. The molecule has 0 aromatic carbocycles. The van der Waals surface area contributed by atoms with Gasteiger partial charge in [-0.1, -0.05) is 6.92 Å². The Morgan fingerprint density at radius 2 is 2.00 bits per heavy atom. The monoisotopic (exact) mass is 264 g/mol. The smallest absolute Gasteiger partial charge is 0.135 e. The fourth-order valence-corrected chi connectivity index (χ4v) is 2.27. The molecule has 1 aromatic heterocycles. The molecule has 3 N–H and O–H groups in total. The van der Waals surface area contributed by atoms with Gasteiger partial charge in [-0.25, -0.2) is 9.97 Å². The number of nitrogens with two attached hydrogens (primary N) is 1. The summed E-state index contributed by atoms with van der Waals surface area (Å²) in [6.45, 7) is 7.89. The number of aromatic nitrogens is 2. The van der Waals surface area contributed by atoms with E-state index >= 15 is 0 Å². The Hall–Kier alpha value is -1.36. The summed E-state index contributed by atoms with van der Waals surface area (Å²) in [6, 6.07) is 0. The summed E-state index contributed by atoms with van der Waals surface area (Å²) < 4.78 is 5.42. The molecule has 1 aliphatic rings. The normalized spacial score (nSPS) is 18.3. The van der Waals surface area contributed by atoms with Crippen LogP contribution in [0.5, 0.6) is 0 Å². The molecule has 0 radical (unpaired) electrons. The van der Waals surface area contributed by atoms with E-state index in [4.69, 9.17) is 10.5 Å². The average Bonchev–Trinajstić information content (AvgIpc) is 2.36. The highest BCUT2D eigenvalue weighted by atomic mass is 16.5. The Balaban J connectivity index is 2.22. The van der Waals surface area contributed by atoms with Gasteiger partial charge in [-0.05, 0) is 33.1 Å². The lowest BCUT2D eigenvalue weighted by Gasteiger charge is -2.35. The molecule has 0 bridgehead atoms. The summed E-state index contributed by atoms with van der Waals surface area (Å²) in [5, 5.41) is 3.55. The Kier molecular flexibility index (Phi) is 4.24. The van der Waals surface area contributed by atoms with Gasteiger partial charge in [0, 0.05) is 30.7 Å². The predicted octanol–water partition coefficient (Wildman–Crippen LogP) is 2.30. The van der Waals surface area contributed by atoms with Crippen LogP contribution in [0.4, 0.5) is 11.6 Å². The maximum Gasteiger partial charge on any atom is 0.135 e. The third kappa shape index (κ3) is 3.35. The maximum atomic E-state index is 5.98. The zero-order valence-corrected chi connectivity index (χ0v) is 12.1. The fraction of sp³-hybridized carbons (Fsp3) is 0.714. The van der Waals surface area contributed by atoms with Crippen LogP contribution in [0.2, 0.25) is 0 Å².